The van der Waals surface area contributed by atoms with Gasteiger partial charge in [0.05, 0.1) is 11.3 Å². The molecule has 2 aromatic rings. The zero-order valence-corrected chi connectivity index (χ0v) is 17.7. The lowest BCUT2D eigenvalue weighted by atomic mass is 9.87. The fourth-order valence-electron chi connectivity index (χ4n) is 4.29. The highest BCUT2D eigenvalue weighted by molar-refractivity contribution is 6.06. The molecule has 1 saturated carbocycles. The number of guanidine groups is 2. The van der Waals surface area contributed by atoms with Crippen molar-refractivity contribution in [2.45, 2.75) is 50.9 Å². The maximum Gasteiger partial charge on any atom is 0.416 e. The zero-order valence-electron chi connectivity index (χ0n) is 17.7. The molecule has 33 heavy (non-hydrogen) atoms. The van der Waals surface area contributed by atoms with Crippen molar-refractivity contribution < 1.29 is 26.7 Å². The molecule has 1 aliphatic heterocycles. The lowest BCUT2D eigenvalue weighted by molar-refractivity contribution is -0.138. The van der Waals surface area contributed by atoms with Crippen LogP contribution in [0.15, 0.2) is 40.3 Å². The molecule has 6 nitrogen and oxygen atoms in total. The summed E-state index contributed by atoms with van der Waals surface area (Å²) in [6.07, 6.45) is -0.976. The smallest absolute Gasteiger partial charge is 0.416 e. The van der Waals surface area contributed by atoms with Gasteiger partial charge in [0.1, 0.15) is 5.66 Å². The van der Waals surface area contributed by atoms with Gasteiger partial charge >= 0.3 is 6.18 Å². The van der Waals surface area contributed by atoms with E-state index >= 15 is 0 Å². The first-order chi connectivity index (χ1) is 15.5. The van der Waals surface area contributed by atoms with Crippen molar-refractivity contribution in [3.8, 4) is 11.5 Å². The minimum absolute atomic E-state index is 0.0167. The van der Waals surface area contributed by atoms with Gasteiger partial charge in [-0.25, -0.2) is 13.8 Å². The molecule has 0 bridgehead atoms. The first-order valence-corrected chi connectivity index (χ1v) is 10.3. The van der Waals surface area contributed by atoms with Gasteiger partial charge in [-0.15, -0.1) is 0 Å². The molecule has 176 valence electrons. The molecule has 0 aromatic heterocycles. The fraction of sp³-hybridized carbons (Fsp3) is 0.364. The van der Waals surface area contributed by atoms with Gasteiger partial charge in [0.25, 0.3) is 0 Å². The van der Waals surface area contributed by atoms with Crippen LogP contribution in [0.5, 0.6) is 11.5 Å². The van der Waals surface area contributed by atoms with Gasteiger partial charge < -0.3 is 16.2 Å². The molecular weight excluding hydrogens is 445 g/mol. The van der Waals surface area contributed by atoms with Crippen molar-refractivity contribution in [2.75, 3.05) is 4.90 Å². The third-order valence-corrected chi connectivity index (χ3v) is 5.74. The number of ether oxygens (including phenoxy) is 1. The minimum atomic E-state index is -4.90. The molecule has 1 spiro atoms. The number of anilines is 1. The molecule has 0 atom stereocenters. The molecular formula is C22H22F5N5O. The molecule has 0 saturated heterocycles. The number of nitrogens with zero attached hydrogens (tertiary/aromatic N) is 3. The summed E-state index contributed by atoms with van der Waals surface area (Å²) in [5.41, 5.74) is 10.9. The molecule has 1 heterocycles. The molecule has 0 radical (unpaired) electrons. The Morgan fingerprint density at radius 2 is 1.64 bits per heavy atom. The molecule has 0 unspecified atom stereocenters. The van der Waals surface area contributed by atoms with E-state index in [-0.39, 0.29) is 29.8 Å². The Labute approximate surface area is 186 Å². The van der Waals surface area contributed by atoms with E-state index in [2.05, 4.69) is 9.98 Å². The van der Waals surface area contributed by atoms with Crippen molar-refractivity contribution in [2.24, 2.45) is 21.5 Å². The van der Waals surface area contributed by atoms with Crippen molar-refractivity contribution in [1.29, 1.82) is 0 Å². The number of nitrogens with two attached hydrogens (primary N) is 2. The molecule has 2 aromatic carbocycles. The lowest BCUT2D eigenvalue weighted by Gasteiger charge is -2.46. The van der Waals surface area contributed by atoms with Crippen LogP contribution in [0, 0.1) is 18.6 Å². The van der Waals surface area contributed by atoms with E-state index in [1.54, 1.807) is 24.0 Å². The Bertz CT molecular complexity index is 1120. The maximum atomic E-state index is 14.5. The number of rotatable bonds is 3. The van der Waals surface area contributed by atoms with Gasteiger partial charge in [-0.3, -0.25) is 4.90 Å². The maximum absolute atomic E-state index is 14.5. The first-order valence-electron chi connectivity index (χ1n) is 10.3. The highest BCUT2D eigenvalue weighted by Crippen LogP contribution is 2.45. The van der Waals surface area contributed by atoms with Crippen LogP contribution < -0.4 is 21.1 Å². The third kappa shape index (κ3) is 4.31. The van der Waals surface area contributed by atoms with Crippen LogP contribution in [0.25, 0.3) is 0 Å². The Balaban J connectivity index is 1.80. The highest BCUT2D eigenvalue weighted by atomic mass is 19.4. The second-order valence-corrected chi connectivity index (χ2v) is 8.16. The SMILES string of the molecule is Cc1ccc(Oc2c(F)cc(C(F)(F)F)cc2F)c(N2C(N)=NC(N)=NC23CCCCC3)c1. The Morgan fingerprint density at radius 1 is 1.00 bits per heavy atom. The van der Waals surface area contributed by atoms with Crippen molar-refractivity contribution >= 4 is 17.6 Å². The van der Waals surface area contributed by atoms with E-state index < -0.39 is 34.8 Å². The van der Waals surface area contributed by atoms with Crippen LogP contribution in [0.4, 0.5) is 27.6 Å². The average Bonchev–Trinajstić information content (AvgIpc) is 2.71. The second-order valence-electron chi connectivity index (χ2n) is 8.16. The van der Waals surface area contributed by atoms with Gasteiger partial charge in [-0.2, -0.15) is 18.2 Å². The summed E-state index contributed by atoms with van der Waals surface area (Å²) < 4.78 is 73.2. The fourth-order valence-corrected chi connectivity index (χ4v) is 4.29. The van der Waals surface area contributed by atoms with Crippen LogP contribution >= 0.6 is 0 Å². The number of aliphatic imine (C=N–C) groups is 2. The molecule has 0 amide bonds. The largest absolute Gasteiger partial charge is 0.449 e. The van der Waals surface area contributed by atoms with Gasteiger partial charge in [-0.1, -0.05) is 12.5 Å². The van der Waals surface area contributed by atoms with E-state index in [4.69, 9.17) is 16.2 Å². The van der Waals surface area contributed by atoms with Crippen LogP contribution in [0.2, 0.25) is 0 Å². The number of hydrogen-bond acceptors (Lipinski definition) is 6. The summed E-state index contributed by atoms with van der Waals surface area (Å²) in [5, 5.41) is 0. The van der Waals surface area contributed by atoms with Crippen LogP contribution in [-0.2, 0) is 6.18 Å². The summed E-state index contributed by atoms with van der Waals surface area (Å²) in [4.78, 5) is 10.2. The molecule has 2 aliphatic rings. The number of benzene rings is 2. The number of aryl methyl sites for hydroxylation is 1. The normalized spacial score (nSPS) is 18.2. The standard InChI is InChI=1S/C22H22F5N5O/c1-12-5-6-17(33-18-14(23)10-13(11-15(18)24)22(25,26)27)16(9-12)32-20(29)30-19(28)31-21(32)7-3-2-4-8-21/h5-6,9-11H,2-4,7-8H2,1H3,(H4,28,29,30,31). The number of hydrogen-bond donors (Lipinski definition) is 2. The molecule has 4 N–H and O–H groups in total. The second kappa shape index (κ2) is 8.20. The van der Waals surface area contributed by atoms with Crippen molar-refractivity contribution in [3.05, 3.63) is 53.1 Å². The van der Waals surface area contributed by atoms with E-state index in [0.717, 1.165) is 24.8 Å². The van der Waals surface area contributed by atoms with Crippen molar-refractivity contribution in [3.63, 3.8) is 0 Å². The van der Waals surface area contributed by atoms with E-state index in [0.29, 0.717) is 18.5 Å². The molecule has 11 heteroatoms. The topological polar surface area (TPSA) is 89.2 Å². The van der Waals surface area contributed by atoms with Crippen LogP contribution in [0.1, 0.15) is 43.2 Å². The lowest BCUT2D eigenvalue weighted by Crippen LogP contribution is -2.58. The summed E-state index contributed by atoms with van der Waals surface area (Å²) in [7, 11) is 0. The van der Waals surface area contributed by atoms with Gasteiger partial charge in [0, 0.05) is 0 Å². The first kappa shape index (κ1) is 22.8. The van der Waals surface area contributed by atoms with Crippen LogP contribution in [-0.4, -0.2) is 17.6 Å². The summed E-state index contributed by atoms with van der Waals surface area (Å²) >= 11 is 0. The van der Waals surface area contributed by atoms with Gasteiger partial charge in [0.15, 0.2) is 23.1 Å². The minimum Gasteiger partial charge on any atom is -0.449 e. The molecule has 1 fully saturated rings. The van der Waals surface area contributed by atoms with Crippen molar-refractivity contribution in [1.82, 2.24) is 0 Å². The van der Waals surface area contributed by atoms with Gasteiger partial charge in [-0.05, 0) is 62.4 Å². The Kier molecular flexibility index (Phi) is 5.67. The van der Waals surface area contributed by atoms with E-state index in [9.17, 15) is 22.0 Å². The Hall–Kier alpha value is -3.37. The Morgan fingerprint density at radius 3 is 2.24 bits per heavy atom. The van der Waals surface area contributed by atoms with E-state index in [1.807, 2.05) is 0 Å². The summed E-state index contributed by atoms with van der Waals surface area (Å²) in [6.45, 7) is 1.80. The predicted molar refractivity (Wildman–Crippen MR) is 114 cm³/mol. The summed E-state index contributed by atoms with van der Waals surface area (Å²) in [5.74, 6) is -3.88. The molecule has 4 rings (SSSR count). The predicted octanol–water partition coefficient (Wildman–Crippen LogP) is 5.19. The quantitative estimate of drug-likeness (QED) is 0.608. The van der Waals surface area contributed by atoms with Crippen LogP contribution in [0.3, 0.4) is 0 Å². The van der Waals surface area contributed by atoms with Gasteiger partial charge in [0.2, 0.25) is 11.9 Å². The number of alkyl halides is 3. The summed E-state index contributed by atoms with van der Waals surface area (Å²) in [6, 6.07) is 5.17. The zero-order chi connectivity index (χ0) is 24.0. The highest BCUT2D eigenvalue weighted by Gasteiger charge is 2.44. The monoisotopic (exact) mass is 467 g/mol. The third-order valence-electron chi connectivity index (χ3n) is 5.74. The average molecular weight is 467 g/mol. The number of halogens is 5. The van der Waals surface area contributed by atoms with E-state index in [1.165, 1.54) is 6.07 Å². The molecule has 1 aliphatic carbocycles.